The number of nitrogens with zero attached hydrogens (tertiary/aromatic N) is 2. The number of thioether (sulfide) groups is 1. The second-order valence-corrected chi connectivity index (χ2v) is 6.05. The number of amides is 1. The molecular weight excluding hydrogens is 272 g/mol. The molecule has 1 aliphatic carbocycles. The number of carbonyl (C=O) groups is 1. The molecule has 0 saturated heterocycles. The van der Waals surface area contributed by atoms with Crippen LogP contribution in [0.15, 0.2) is 12.1 Å². The first-order valence-corrected chi connectivity index (χ1v) is 8.44. The van der Waals surface area contributed by atoms with Crippen LogP contribution >= 0.6 is 11.8 Å². The zero-order valence-corrected chi connectivity index (χ0v) is 12.9. The van der Waals surface area contributed by atoms with Gasteiger partial charge in [0.2, 0.25) is 0 Å². The minimum Gasteiger partial charge on any atom is -0.369 e. The van der Waals surface area contributed by atoms with Gasteiger partial charge in [-0.1, -0.05) is 12.8 Å². The normalized spacial score (nSPS) is 22.3. The van der Waals surface area contributed by atoms with Gasteiger partial charge in [-0.25, -0.2) is 0 Å². The zero-order chi connectivity index (χ0) is 14.4. The molecule has 2 unspecified atom stereocenters. The Kier molecular flexibility index (Phi) is 5.64. The molecule has 2 N–H and O–H groups in total. The molecule has 1 fully saturated rings. The Morgan fingerprint density at radius 2 is 2.15 bits per heavy atom. The van der Waals surface area contributed by atoms with Crippen LogP contribution in [-0.4, -0.2) is 40.2 Å². The average Bonchev–Trinajstić information content (AvgIpc) is 2.49. The molecule has 1 aromatic heterocycles. The van der Waals surface area contributed by atoms with Crippen LogP contribution in [0.4, 0.5) is 5.82 Å². The molecule has 1 aromatic rings. The van der Waals surface area contributed by atoms with Crippen molar-refractivity contribution in [3.8, 4) is 0 Å². The lowest BCUT2D eigenvalue weighted by atomic mass is 9.95. The topological polar surface area (TPSA) is 66.9 Å². The highest BCUT2D eigenvalue weighted by Crippen LogP contribution is 2.27. The molecule has 0 aliphatic heterocycles. The largest absolute Gasteiger partial charge is 0.369 e. The third kappa shape index (κ3) is 3.85. The smallest absolute Gasteiger partial charge is 0.272 e. The molecule has 0 aromatic carbocycles. The van der Waals surface area contributed by atoms with Gasteiger partial charge in [0.05, 0.1) is 0 Å². The molecule has 1 amide bonds. The minimum absolute atomic E-state index is 0.119. The average molecular weight is 294 g/mol. The maximum absolute atomic E-state index is 12.2. The molecule has 0 bridgehead atoms. The molecule has 5 nitrogen and oxygen atoms in total. The Hall–Kier alpha value is -1.30. The second-order valence-electron chi connectivity index (χ2n) is 4.97. The number of rotatable bonds is 5. The molecule has 0 radical (unpaired) electrons. The predicted octanol–water partition coefficient (Wildman–Crippen LogP) is 2.31. The Morgan fingerprint density at radius 3 is 2.80 bits per heavy atom. The third-order valence-electron chi connectivity index (χ3n) is 3.58. The first-order valence-electron chi connectivity index (χ1n) is 7.16. The van der Waals surface area contributed by atoms with E-state index in [1.54, 1.807) is 12.1 Å². The maximum Gasteiger partial charge on any atom is 0.272 e. The van der Waals surface area contributed by atoms with Gasteiger partial charge in [0.15, 0.2) is 5.69 Å². The summed E-state index contributed by atoms with van der Waals surface area (Å²) in [6, 6.07) is 3.76. The number of anilines is 1. The van der Waals surface area contributed by atoms with E-state index in [1.165, 1.54) is 19.3 Å². The van der Waals surface area contributed by atoms with Gasteiger partial charge in [0.25, 0.3) is 5.91 Å². The SMILES string of the molecule is CCNc1ccc(C(=O)NC2CCCCC2SC)nn1. The summed E-state index contributed by atoms with van der Waals surface area (Å²) in [6.45, 7) is 2.78. The van der Waals surface area contributed by atoms with E-state index in [1.807, 2.05) is 18.7 Å². The fourth-order valence-corrected chi connectivity index (χ4v) is 3.45. The van der Waals surface area contributed by atoms with E-state index in [9.17, 15) is 4.79 Å². The number of nitrogens with one attached hydrogen (secondary N) is 2. The minimum atomic E-state index is -0.119. The zero-order valence-electron chi connectivity index (χ0n) is 12.1. The van der Waals surface area contributed by atoms with Gasteiger partial charge in [-0.15, -0.1) is 10.2 Å². The monoisotopic (exact) mass is 294 g/mol. The summed E-state index contributed by atoms with van der Waals surface area (Å²) in [6.07, 6.45) is 6.79. The summed E-state index contributed by atoms with van der Waals surface area (Å²) in [4.78, 5) is 12.2. The van der Waals surface area contributed by atoms with Crippen molar-refractivity contribution >= 4 is 23.5 Å². The standard InChI is InChI=1S/C14H22N4OS/c1-3-15-13-9-8-11(17-18-13)14(19)16-10-6-4-5-7-12(10)20-2/h8-10,12H,3-7H2,1-2H3,(H,15,18)(H,16,19). The van der Waals surface area contributed by atoms with E-state index in [0.29, 0.717) is 16.8 Å². The van der Waals surface area contributed by atoms with Gasteiger partial charge >= 0.3 is 0 Å². The summed E-state index contributed by atoms with van der Waals surface area (Å²) in [5.74, 6) is 0.579. The van der Waals surface area contributed by atoms with Crippen molar-refractivity contribution < 1.29 is 4.79 Å². The molecule has 1 saturated carbocycles. The summed E-state index contributed by atoms with van der Waals surface area (Å²) < 4.78 is 0. The van der Waals surface area contributed by atoms with Crippen molar-refractivity contribution in [3.63, 3.8) is 0 Å². The highest BCUT2D eigenvalue weighted by atomic mass is 32.2. The maximum atomic E-state index is 12.2. The second kappa shape index (κ2) is 7.47. The Labute approximate surface area is 124 Å². The first kappa shape index (κ1) is 15.1. The summed E-state index contributed by atoms with van der Waals surface area (Å²) >= 11 is 1.84. The molecule has 1 heterocycles. The van der Waals surface area contributed by atoms with E-state index in [-0.39, 0.29) is 11.9 Å². The lowest BCUT2D eigenvalue weighted by molar-refractivity contribution is 0.0923. The van der Waals surface area contributed by atoms with Gasteiger partial charge in [-0.3, -0.25) is 4.79 Å². The van der Waals surface area contributed by atoms with Crippen LogP contribution in [0.25, 0.3) is 0 Å². The van der Waals surface area contributed by atoms with Crippen LogP contribution in [0.5, 0.6) is 0 Å². The fraction of sp³-hybridized carbons (Fsp3) is 0.643. The highest BCUT2D eigenvalue weighted by molar-refractivity contribution is 7.99. The Balaban J connectivity index is 1.96. The number of hydrogen-bond acceptors (Lipinski definition) is 5. The van der Waals surface area contributed by atoms with Gasteiger partial charge in [-0.2, -0.15) is 11.8 Å². The van der Waals surface area contributed by atoms with E-state index < -0.39 is 0 Å². The molecule has 2 atom stereocenters. The lowest BCUT2D eigenvalue weighted by Gasteiger charge is -2.30. The van der Waals surface area contributed by atoms with Crippen LogP contribution in [0, 0.1) is 0 Å². The van der Waals surface area contributed by atoms with E-state index in [4.69, 9.17) is 0 Å². The van der Waals surface area contributed by atoms with E-state index in [0.717, 1.165) is 13.0 Å². The van der Waals surface area contributed by atoms with E-state index >= 15 is 0 Å². The van der Waals surface area contributed by atoms with Crippen molar-refractivity contribution in [1.82, 2.24) is 15.5 Å². The third-order valence-corrected chi connectivity index (χ3v) is 4.75. The van der Waals surface area contributed by atoms with Crippen LogP contribution in [0.2, 0.25) is 0 Å². The van der Waals surface area contributed by atoms with Crippen molar-refractivity contribution in [2.24, 2.45) is 0 Å². The van der Waals surface area contributed by atoms with Gasteiger partial charge in [0.1, 0.15) is 5.82 Å². The Morgan fingerprint density at radius 1 is 1.35 bits per heavy atom. The predicted molar refractivity (Wildman–Crippen MR) is 83.2 cm³/mol. The molecule has 0 spiro atoms. The molecule has 20 heavy (non-hydrogen) atoms. The first-order chi connectivity index (χ1) is 9.74. The van der Waals surface area contributed by atoms with Crippen molar-refractivity contribution in [2.45, 2.75) is 43.9 Å². The quantitative estimate of drug-likeness (QED) is 0.872. The molecule has 2 rings (SSSR count). The summed E-state index contributed by atoms with van der Waals surface area (Å²) in [7, 11) is 0. The van der Waals surface area contributed by atoms with Crippen molar-refractivity contribution in [2.75, 3.05) is 18.1 Å². The van der Waals surface area contributed by atoms with E-state index in [2.05, 4.69) is 27.1 Å². The van der Waals surface area contributed by atoms with Gasteiger partial charge in [-0.05, 0) is 38.2 Å². The number of hydrogen-bond donors (Lipinski definition) is 2. The van der Waals surface area contributed by atoms with Crippen LogP contribution in [0.1, 0.15) is 43.1 Å². The van der Waals surface area contributed by atoms with Gasteiger partial charge < -0.3 is 10.6 Å². The lowest BCUT2D eigenvalue weighted by Crippen LogP contribution is -2.44. The molecule has 110 valence electrons. The highest BCUT2D eigenvalue weighted by Gasteiger charge is 2.26. The van der Waals surface area contributed by atoms with Crippen molar-refractivity contribution in [3.05, 3.63) is 17.8 Å². The van der Waals surface area contributed by atoms with Crippen LogP contribution in [0.3, 0.4) is 0 Å². The number of aromatic nitrogens is 2. The van der Waals surface area contributed by atoms with Crippen LogP contribution in [-0.2, 0) is 0 Å². The fourth-order valence-electron chi connectivity index (χ4n) is 2.52. The van der Waals surface area contributed by atoms with Gasteiger partial charge in [0, 0.05) is 17.8 Å². The summed E-state index contributed by atoms with van der Waals surface area (Å²) in [5.41, 5.74) is 0.386. The molecular formula is C14H22N4OS. The van der Waals surface area contributed by atoms with Crippen LogP contribution < -0.4 is 10.6 Å². The summed E-state index contributed by atoms with van der Waals surface area (Å²) in [5, 5.41) is 14.7. The molecule has 1 aliphatic rings. The molecule has 6 heteroatoms. The Bertz CT molecular complexity index is 437. The van der Waals surface area contributed by atoms with Crippen molar-refractivity contribution in [1.29, 1.82) is 0 Å². The number of carbonyl (C=O) groups excluding carboxylic acids is 1.